The largest absolute Gasteiger partial charge is 0.493 e. The molecular formula is C12H12O4. The quantitative estimate of drug-likeness (QED) is 0.748. The summed E-state index contributed by atoms with van der Waals surface area (Å²) in [6, 6.07) is 5.44. The number of hydrogen-bond acceptors (Lipinski definition) is 3. The van der Waals surface area contributed by atoms with Crippen LogP contribution < -0.4 is 4.74 Å². The Kier molecular flexibility index (Phi) is 2.92. The van der Waals surface area contributed by atoms with Gasteiger partial charge < -0.3 is 14.9 Å². The molecule has 1 aromatic carbocycles. The number of carboxylic acids is 1. The lowest BCUT2D eigenvalue weighted by Crippen LogP contribution is -1.97. The summed E-state index contributed by atoms with van der Waals surface area (Å²) in [5, 5.41) is 17.8. The second-order valence-electron chi connectivity index (χ2n) is 3.59. The van der Waals surface area contributed by atoms with Gasteiger partial charge in [-0.05, 0) is 28.8 Å². The second-order valence-corrected chi connectivity index (χ2v) is 3.59. The van der Waals surface area contributed by atoms with E-state index in [4.69, 9.17) is 14.9 Å². The molecule has 4 heteroatoms. The molecule has 0 unspecified atom stereocenters. The molecule has 4 nitrogen and oxygen atoms in total. The molecule has 1 aliphatic heterocycles. The summed E-state index contributed by atoms with van der Waals surface area (Å²) in [6.07, 6.45) is 1.85. The lowest BCUT2D eigenvalue weighted by atomic mass is 10.0. The highest BCUT2D eigenvalue weighted by Gasteiger charge is 2.13. The number of aliphatic carboxylic acids is 1. The van der Waals surface area contributed by atoms with Crippen LogP contribution >= 0.6 is 0 Å². The SMILES string of the molecule is O=C(O)/C=C(\CO)c1ccc2c(c1)CCO2. The minimum absolute atomic E-state index is 0.286. The van der Waals surface area contributed by atoms with Gasteiger partial charge in [0.05, 0.1) is 13.2 Å². The van der Waals surface area contributed by atoms with Crippen molar-refractivity contribution in [1.29, 1.82) is 0 Å². The Bertz CT molecular complexity index is 448. The average Bonchev–Trinajstić information content (AvgIpc) is 2.72. The van der Waals surface area contributed by atoms with Crippen LogP contribution in [0.15, 0.2) is 24.3 Å². The maximum absolute atomic E-state index is 10.6. The lowest BCUT2D eigenvalue weighted by Gasteiger charge is -2.05. The van der Waals surface area contributed by atoms with Gasteiger partial charge in [-0.15, -0.1) is 0 Å². The van der Waals surface area contributed by atoms with Gasteiger partial charge in [-0.25, -0.2) is 4.79 Å². The van der Waals surface area contributed by atoms with Crippen LogP contribution in [-0.2, 0) is 11.2 Å². The Morgan fingerprint density at radius 2 is 2.31 bits per heavy atom. The zero-order valence-corrected chi connectivity index (χ0v) is 8.64. The second kappa shape index (κ2) is 4.37. The fourth-order valence-corrected chi connectivity index (χ4v) is 1.76. The first-order chi connectivity index (χ1) is 7.70. The predicted molar refractivity (Wildman–Crippen MR) is 58.3 cm³/mol. The molecule has 1 aromatic rings. The van der Waals surface area contributed by atoms with Crippen molar-refractivity contribution in [2.24, 2.45) is 0 Å². The number of rotatable bonds is 3. The molecule has 1 aliphatic rings. The number of benzene rings is 1. The first kappa shape index (κ1) is 10.7. The highest BCUT2D eigenvalue weighted by atomic mass is 16.5. The minimum atomic E-state index is -1.05. The Labute approximate surface area is 92.8 Å². The van der Waals surface area contributed by atoms with Gasteiger partial charge >= 0.3 is 5.97 Å². The number of carboxylic acid groups (broad SMARTS) is 1. The van der Waals surface area contributed by atoms with Crippen molar-refractivity contribution >= 4 is 11.5 Å². The molecule has 2 rings (SSSR count). The van der Waals surface area contributed by atoms with Crippen LogP contribution in [0.25, 0.3) is 5.57 Å². The third-order valence-electron chi connectivity index (χ3n) is 2.53. The number of aliphatic hydroxyl groups is 1. The molecule has 1 heterocycles. The van der Waals surface area contributed by atoms with Crippen LogP contribution in [0, 0.1) is 0 Å². The van der Waals surface area contributed by atoms with Gasteiger partial charge in [0.25, 0.3) is 0 Å². The molecule has 0 saturated carbocycles. The van der Waals surface area contributed by atoms with E-state index in [9.17, 15) is 4.79 Å². The number of hydrogen-bond donors (Lipinski definition) is 2. The van der Waals surface area contributed by atoms with E-state index in [1.165, 1.54) is 0 Å². The molecule has 84 valence electrons. The van der Waals surface area contributed by atoms with Gasteiger partial charge in [0.15, 0.2) is 0 Å². The summed E-state index contributed by atoms with van der Waals surface area (Å²) in [4.78, 5) is 10.6. The Morgan fingerprint density at radius 1 is 1.50 bits per heavy atom. The maximum Gasteiger partial charge on any atom is 0.328 e. The van der Waals surface area contributed by atoms with Crippen LogP contribution in [0.3, 0.4) is 0 Å². The van der Waals surface area contributed by atoms with E-state index >= 15 is 0 Å². The van der Waals surface area contributed by atoms with Gasteiger partial charge in [-0.1, -0.05) is 6.07 Å². The van der Waals surface area contributed by atoms with Crippen LogP contribution in [0.5, 0.6) is 5.75 Å². The van der Waals surface area contributed by atoms with Gasteiger partial charge in [0, 0.05) is 12.5 Å². The van der Waals surface area contributed by atoms with Gasteiger partial charge in [-0.2, -0.15) is 0 Å². The molecule has 0 fully saturated rings. The Balaban J connectivity index is 2.36. The van der Waals surface area contributed by atoms with E-state index in [1.807, 2.05) is 12.1 Å². The van der Waals surface area contributed by atoms with Crippen LogP contribution in [-0.4, -0.2) is 29.4 Å². The molecule has 0 radical (unpaired) electrons. The van der Waals surface area contributed by atoms with E-state index in [1.54, 1.807) is 6.07 Å². The van der Waals surface area contributed by atoms with E-state index in [0.717, 1.165) is 29.4 Å². The van der Waals surface area contributed by atoms with Crippen LogP contribution in [0.4, 0.5) is 0 Å². The number of ether oxygens (including phenoxy) is 1. The van der Waals surface area contributed by atoms with Gasteiger partial charge in [0.2, 0.25) is 0 Å². The molecule has 0 atom stereocenters. The van der Waals surface area contributed by atoms with Gasteiger partial charge in [-0.3, -0.25) is 0 Å². The minimum Gasteiger partial charge on any atom is -0.493 e. The van der Waals surface area contributed by atoms with E-state index in [2.05, 4.69) is 0 Å². The fraction of sp³-hybridized carbons (Fsp3) is 0.250. The monoisotopic (exact) mass is 220 g/mol. The smallest absolute Gasteiger partial charge is 0.328 e. The lowest BCUT2D eigenvalue weighted by molar-refractivity contribution is -0.131. The van der Waals surface area contributed by atoms with Crippen molar-refractivity contribution in [2.45, 2.75) is 6.42 Å². The molecule has 16 heavy (non-hydrogen) atoms. The standard InChI is InChI=1S/C12H12O4/c13-7-10(6-12(14)15)8-1-2-11-9(5-8)3-4-16-11/h1-2,5-6,13H,3-4,7H2,(H,14,15)/b10-6+. The van der Waals surface area contributed by atoms with Crippen LogP contribution in [0.1, 0.15) is 11.1 Å². The molecule has 0 spiro atoms. The van der Waals surface area contributed by atoms with Gasteiger partial charge in [0.1, 0.15) is 5.75 Å². The molecular weight excluding hydrogens is 208 g/mol. The molecule has 0 aromatic heterocycles. The predicted octanol–water partition coefficient (Wildman–Crippen LogP) is 1.08. The van der Waals surface area contributed by atoms with Crippen molar-refractivity contribution in [1.82, 2.24) is 0 Å². The molecule has 2 N–H and O–H groups in total. The summed E-state index contributed by atoms with van der Waals surface area (Å²) in [5.41, 5.74) is 2.19. The molecule has 0 bridgehead atoms. The van der Waals surface area contributed by atoms with E-state index in [0.29, 0.717) is 12.2 Å². The van der Waals surface area contributed by atoms with Crippen molar-refractivity contribution in [3.8, 4) is 5.75 Å². The molecule has 0 amide bonds. The Hall–Kier alpha value is -1.81. The summed E-state index contributed by atoms with van der Waals surface area (Å²) in [5.74, 6) is -0.211. The van der Waals surface area contributed by atoms with E-state index in [-0.39, 0.29) is 6.61 Å². The third kappa shape index (κ3) is 2.06. The third-order valence-corrected chi connectivity index (χ3v) is 2.53. The average molecular weight is 220 g/mol. The summed E-state index contributed by atoms with van der Waals surface area (Å²) in [7, 11) is 0. The highest BCUT2D eigenvalue weighted by Crippen LogP contribution is 2.28. The zero-order chi connectivity index (χ0) is 11.5. The van der Waals surface area contributed by atoms with Crippen molar-refractivity contribution < 1.29 is 19.7 Å². The summed E-state index contributed by atoms with van der Waals surface area (Å²) in [6.45, 7) is 0.377. The van der Waals surface area contributed by atoms with E-state index < -0.39 is 5.97 Å². The maximum atomic E-state index is 10.6. The van der Waals surface area contributed by atoms with Crippen molar-refractivity contribution in [3.05, 3.63) is 35.4 Å². The Morgan fingerprint density at radius 3 is 3.00 bits per heavy atom. The zero-order valence-electron chi connectivity index (χ0n) is 8.64. The fourth-order valence-electron chi connectivity index (χ4n) is 1.76. The highest BCUT2D eigenvalue weighted by molar-refractivity contribution is 5.90. The van der Waals surface area contributed by atoms with Crippen molar-refractivity contribution in [2.75, 3.05) is 13.2 Å². The van der Waals surface area contributed by atoms with Crippen LogP contribution in [0.2, 0.25) is 0 Å². The normalized spacial score (nSPS) is 14.4. The number of carbonyl (C=O) groups is 1. The number of aliphatic hydroxyl groups excluding tert-OH is 1. The first-order valence-electron chi connectivity index (χ1n) is 5.01. The topological polar surface area (TPSA) is 66.8 Å². The molecule has 0 aliphatic carbocycles. The summed E-state index contributed by atoms with van der Waals surface area (Å²) >= 11 is 0. The first-order valence-corrected chi connectivity index (χ1v) is 5.01. The summed E-state index contributed by atoms with van der Waals surface area (Å²) < 4.78 is 5.35. The van der Waals surface area contributed by atoms with Crippen molar-refractivity contribution in [3.63, 3.8) is 0 Å². The molecule has 0 saturated heterocycles. The number of fused-ring (bicyclic) bond motifs is 1.